The van der Waals surface area contributed by atoms with E-state index < -0.39 is 0 Å². The van der Waals surface area contributed by atoms with Gasteiger partial charge in [-0.2, -0.15) is 0 Å². The fourth-order valence-corrected chi connectivity index (χ4v) is 8.47. The van der Waals surface area contributed by atoms with Crippen molar-refractivity contribution in [1.29, 1.82) is 0 Å². The molecule has 0 aliphatic heterocycles. The molecule has 0 amide bonds. The minimum absolute atomic E-state index is 0.700. The van der Waals surface area contributed by atoms with Crippen LogP contribution in [0.4, 0.5) is 0 Å². The summed E-state index contributed by atoms with van der Waals surface area (Å²) in [6.07, 6.45) is 0. The fourth-order valence-electron chi connectivity index (χ4n) is 7.23. The molecule has 0 spiro atoms. The van der Waals surface area contributed by atoms with Gasteiger partial charge in [-0.1, -0.05) is 140 Å². The molecule has 234 valence electrons. The van der Waals surface area contributed by atoms with E-state index in [1.165, 1.54) is 53.1 Å². The molecule has 0 atom stereocenters. The molecule has 7 aromatic carbocycles. The maximum atomic E-state index is 5.15. The van der Waals surface area contributed by atoms with Crippen LogP contribution in [-0.4, -0.2) is 14.5 Å². The van der Waals surface area contributed by atoms with Gasteiger partial charge in [-0.05, 0) is 47.5 Å². The van der Waals surface area contributed by atoms with Crippen LogP contribution in [-0.2, 0) is 0 Å². The van der Waals surface area contributed by atoms with Gasteiger partial charge in [-0.15, -0.1) is 11.3 Å². The maximum Gasteiger partial charge on any atom is 0.160 e. The SMILES string of the molecule is c1ccc(-c2ccc3c(c2)c2ccc4c5ccccc5sc4c2n3-c2cccc(-c3nc(-c4ccccc4)cc(-c4ccccc4)n3)c2)cc1. The number of rotatable bonds is 5. The molecule has 0 aliphatic rings. The maximum absolute atomic E-state index is 5.15. The molecule has 0 saturated heterocycles. The second-order valence-corrected chi connectivity index (χ2v) is 13.7. The number of nitrogens with zero attached hydrogens (tertiary/aromatic N) is 3. The van der Waals surface area contributed by atoms with Crippen LogP contribution in [0.2, 0.25) is 0 Å². The van der Waals surface area contributed by atoms with Gasteiger partial charge >= 0.3 is 0 Å². The van der Waals surface area contributed by atoms with Crippen LogP contribution in [0.5, 0.6) is 0 Å². The standard InChI is InChI=1S/C46H29N3S/c1-4-13-30(14-5-1)33-23-26-42-39(28-33)37-24-25-38-36-21-10-11-22-43(36)50-45(38)44(37)49(42)35-20-12-19-34(27-35)46-47-40(31-15-6-2-7-16-31)29-41(48-46)32-17-8-3-9-18-32/h1-29H. The zero-order chi connectivity index (χ0) is 33.0. The summed E-state index contributed by atoms with van der Waals surface area (Å²) in [4.78, 5) is 10.3. The highest BCUT2D eigenvalue weighted by atomic mass is 32.1. The lowest BCUT2D eigenvalue weighted by atomic mass is 10.0. The van der Waals surface area contributed by atoms with Crippen molar-refractivity contribution in [2.45, 2.75) is 0 Å². The van der Waals surface area contributed by atoms with Gasteiger partial charge < -0.3 is 4.57 Å². The molecular weight excluding hydrogens is 627 g/mol. The average molecular weight is 656 g/mol. The first-order chi connectivity index (χ1) is 24.8. The molecule has 0 aliphatic carbocycles. The van der Waals surface area contributed by atoms with Gasteiger partial charge in [0.05, 0.1) is 27.1 Å². The van der Waals surface area contributed by atoms with Crippen LogP contribution in [0, 0.1) is 0 Å². The molecule has 0 N–H and O–H groups in total. The molecule has 0 bridgehead atoms. The summed E-state index contributed by atoms with van der Waals surface area (Å²) < 4.78 is 5.03. The third kappa shape index (κ3) is 4.73. The average Bonchev–Trinajstić information content (AvgIpc) is 3.74. The summed E-state index contributed by atoms with van der Waals surface area (Å²) in [6, 6.07) is 62.4. The molecule has 0 radical (unpaired) electrons. The summed E-state index contributed by atoms with van der Waals surface area (Å²) in [5, 5.41) is 5.06. The largest absolute Gasteiger partial charge is 0.308 e. The Bertz CT molecular complexity index is 2800. The smallest absolute Gasteiger partial charge is 0.160 e. The molecule has 0 saturated carbocycles. The lowest BCUT2D eigenvalue weighted by Gasteiger charge is -2.12. The second-order valence-electron chi connectivity index (χ2n) is 12.6. The number of fused-ring (bicyclic) bond motifs is 7. The van der Waals surface area contributed by atoms with Gasteiger partial charge in [-0.25, -0.2) is 9.97 Å². The monoisotopic (exact) mass is 655 g/mol. The van der Waals surface area contributed by atoms with Gasteiger partial charge in [0.2, 0.25) is 0 Å². The van der Waals surface area contributed by atoms with Gasteiger partial charge in [0.25, 0.3) is 0 Å². The van der Waals surface area contributed by atoms with Gasteiger partial charge in [-0.3, -0.25) is 0 Å². The van der Waals surface area contributed by atoms with Crippen molar-refractivity contribution in [3.8, 4) is 50.7 Å². The molecule has 3 aromatic heterocycles. The van der Waals surface area contributed by atoms with E-state index in [1.807, 2.05) is 23.5 Å². The molecular formula is C46H29N3S. The quantitative estimate of drug-likeness (QED) is 0.185. The Balaban J connectivity index is 1.23. The van der Waals surface area contributed by atoms with Crippen molar-refractivity contribution >= 4 is 53.3 Å². The van der Waals surface area contributed by atoms with Crippen molar-refractivity contribution in [2.24, 2.45) is 0 Å². The van der Waals surface area contributed by atoms with E-state index >= 15 is 0 Å². The third-order valence-corrected chi connectivity index (χ3v) is 10.8. The Hall–Kier alpha value is -6.36. The van der Waals surface area contributed by atoms with E-state index in [0.29, 0.717) is 5.82 Å². The number of aromatic nitrogens is 3. The fraction of sp³-hybridized carbons (Fsp3) is 0. The highest BCUT2D eigenvalue weighted by Crippen LogP contribution is 2.44. The summed E-state index contributed by atoms with van der Waals surface area (Å²) in [5.41, 5.74) is 10.8. The zero-order valence-corrected chi connectivity index (χ0v) is 27.8. The minimum Gasteiger partial charge on any atom is -0.308 e. The summed E-state index contributed by atoms with van der Waals surface area (Å²) >= 11 is 1.87. The lowest BCUT2D eigenvalue weighted by Crippen LogP contribution is -1.98. The third-order valence-electron chi connectivity index (χ3n) is 9.61. The Morgan fingerprint density at radius 1 is 0.400 bits per heavy atom. The van der Waals surface area contributed by atoms with Gasteiger partial charge in [0.15, 0.2) is 5.82 Å². The van der Waals surface area contributed by atoms with Crippen LogP contribution in [0.1, 0.15) is 0 Å². The Kier molecular flexibility index (Phi) is 6.68. The number of hydrogen-bond donors (Lipinski definition) is 0. The molecule has 0 fully saturated rings. The minimum atomic E-state index is 0.700. The summed E-state index contributed by atoms with van der Waals surface area (Å²) in [5.74, 6) is 0.700. The van der Waals surface area contributed by atoms with Crippen molar-refractivity contribution < 1.29 is 0 Å². The summed E-state index contributed by atoms with van der Waals surface area (Å²) in [7, 11) is 0. The molecule has 0 unspecified atom stereocenters. The molecule has 10 aromatic rings. The van der Waals surface area contributed by atoms with Crippen LogP contribution >= 0.6 is 11.3 Å². The first-order valence-electron chi connectivity index (χ1n) is 16.8. The van der Waals surface area contributed by atoms with E-state index in [0.717, 1.165) is 33.8 Å². The van der Waals surface area contributed by atoms with Gasteiger partial charge in [0, 0.05) is 48.6 Å². The van der Waals surface area contributed by atoms with E-state index in [9.17, 15) is 0 Å². The Labute approximate surface area is 293 Å². The first-order valence-corrected chi connectivity index (χ1v) is 17.6. The molecule has 3 heterocycles. The Morgan fingerprint density at radius 3 is 1.74 bits per heavy atom. The predicted molar refractivity (Wildman–Crippen MR) is 211 cm³/mol. The van der Waals surface area contributed by atoms with Crippen LogP contribution in [0.25, 0.3) is 92.7 Å². The summed E-state index contributed by atoms with van der Waals surface area (Å²) in [6.45, 7) is 0. The van der Waals surface area contributed by atoms with Crippen molar-refractivity contribution in [3.05, 3.63) is 176 Å². The first kappa shape index (κ1) is 28.6. The predicted octanol–water partition coefficient (Wildman–Crippen LogP) is 12.6. The van der Waals surface area contributed by atoms with Gasteiger partial charge in [0.1, 0.15) is 0 Å². The topological polar surface area (TPSA) is 30.7 Å². The molecule has 4 heteroatoms. The van der Waals surface area contributed by atoms with Crippen molar-refractivity contribution in [2.75, 3.05) is 0 Å². The number of benzene rings is 7. The highest BCUT2D eigenvalue weighted by Gasteiger charge is 2.19. The van der Waals surface area contributed by atoms with E-state index in [-0.39, 0.29) is 0 Å². The number of thiophene rings is 1. The zero-order valence-electron chi connectivity index (χ0n) is 27.0. The lowest BCUT2D eigenvalue weighted by molar-refractivity contribution is 1.16. The highest BCUT2D eigenvalue weighted by molar-refractivity contribution is 7.26. The van der Waals surface area contributed by atoms with Crippen LogP contribution in [0.15, 0.2) is 176 Å². The number of hydrogen-bond acceptors (Lipinski definition) is 3. The molecule has 3 nitrogen and oxygen atoms in total. The van der Waals surface area contributed by atoms with E-state index in [4.69, 9.17) is 9.97 Å². The van der Waals surface area contributed by atoms with E-state index in [2.05, 4.69) is 168 Å². The van der Waals surface area contributed by atoms with Crippen molar-refractivity contribution in [3.63, 3.8) is 0 Å². The molecule has 10 rings (SSSR count). The van der Waals surface area contributed by atoms with Crippen LogP contribution in [0.3, 0.4) is 0 Å². The van der Waals surface area contributed by atoms with E-state index in [1.54, 1.807) is 0 Å². The van der Waals surface area contributed by atoms with Crippen molar-refractivity contribution in [1.82, 2.24) is 14.5 Å². The normalized spacial score (nSPS) is 11.6. The molecule has 50 heavy (non-hydrogen) atoms. The Morgan fingerprint density at radius 2 is 1.02 bits per heavy atom. The van der Waals surface area contributed by atoms with Crippen LogP contribution < -0.4 is 0 Å². The second kappa shape index (κ2) is 11.7.